The lowest BCUT2D eigenvalue weighted by Crippen LogP contribution is -2.26. The van der Waals surface area contributed by atoms with Crippen LogP contribution in [-0.4, -0.2) is 21.9 Å². The third-order valence-electron chi connectivity index (χ3n) is 1.29. The molecule has 3 nitrogen and oxygen atoms in total. The minimum atomic E-state index is -1.34. The molecule has 0 aromatic heterocycles. The van der Waals surface area contributed by atoms with Crippen molar-refractivity contribution >= 4 is 15.3 Å². The highest BCUT2D eigenvalue weighted by Gasteiger charge is 2.18. The summed E-state index contributed by atoms with van der Waals surface area (Å²) in [4.78, 5) is 10.7. The monoisotopic (exact) mass is 203 g/mol. The van der Waals surface area contributed by atoms with Crippen molar-refractivity contribution < 1.29 is 13.6 Å². The minimum absolute atomic E-state index is 0.230. The number of rotatable bonds is 6. The van der Waals surface area contributed by atoms with Crippen molar-refractivity contribution in [3.05, 3.63) is 0 Å². The first kappa shape index (κ1) is 12.6. The van der Waals surface area contributed by atoms with Crippen molar-refractivity contribution in [2.75, 3.05) is 6.61 Å². The van der Waals surface area contributed by atoms with Gasteiger partial charge in [-0.1, -0.05) is 27.2 Å². The molecule has 0 fully saturated rings. The first-order chi connectivity index (χ1) is 6.06. The Morgan fingerprint density at radius 2 is 2.08 bits per heavy atom. The third-order valence-corrected chi connectivity index (χ3v) is 3.20. The Morgan fingerprint density at radius 3 is 2.46 bits per heavy atom. The normalized spacial score (nSPS) is 10.9. The molecule has 0 saturated heterocycles. The average Bonchev–Trinajstić information content (AvgIpc) is 1.99. The molecule has 77 valence electrons. The van der Waals surface area contributed by atoms with Gasteiger partial charge in [-0.3, -0.25) is 4.79 Å². The maximum absolute atomic E-state index is 10.7. The van der Waals surface area contributed by atoms with Gasteiger partial charge in [0.1, 0.15) is 0 Å². The van der Waals surface area contributed by atoms with Gasteiger partial charge in [0.25, 0.3) is 5.97 Å². The van der Waals surface area contributed by atoms with Crippen LogP contribution in [0, 0.1) is 5.92 Å². The summed E-state index contributed by atoms with van der Waals surface area (Å²) < 4.78 is 10.6. The molecule has 0 aliphatic carbocycles. The fraction of sp³-hybridized carbons (Fsp3) is 0.889. The van der Waals surface area contributed by atoms with Crippen molar-refractivity contribution in [3.63, 3.8) is 0 Å². The van der Waals surface area contributed by atoms with Crippen molar-refractivity contribution in [1.82, 2.24) is 0 Å². The molecule has 0 saturated carbocycles. The van der Waals surface area contributed by atoms with E-state index in [2.05, 4.69) is 20.8 Å². The first-order valence-corrected chi connectivity index (χ1v) is 6.25. The Morgan fingerprint density at radius 1 is 1.46 bits per heavy atom. The molecule has 13 heavy (non-hydrogen) atoms. The fourth-order valence-electron chi connectivity index (χ4n) is 0.777. The average molecular weight is 203 g/mol. The van der Waals surface area contributed by atoms with Crippen LogP contribution >= 0.6 is 0 Å². The van der Waals surface area contributed by atoms with Gasteiger partial charge < -0.3 is 8.85 Å². The lowest BCUT2D eigenvalue weighted by molar-refractivity contribution is -0.133. The minimum Gasteiger partial charge on any atom is -0.492 e. The molecule has 0 aliphatic rings. The highest BCUT2D eigenvalue weighted by Crippen LogP contribution is 2.04. The smallest absolute Gasteiger partial charge is 0.459 e. The van der Waals surface area contributed by atoms with Crippen LogP contribution in [0.3, 0.4) is 0 Å². The summed E-state index contributed by atoms with van der Waals surface area (Å²) in [6.07, 6.45) is 1.000. The third kappa shape index (κ3) is 7.99. The van der Waals surface area contributed by atoms with Crippen molar-refractivity contribution in [3.8, 4) is 0 Å². The lowest BCUT2D eigenvalue weighted by atomic mass is 10.2. The van der Waals surface area contributed by atoms with E-state index in [0.29, 0.717) is 12.5 Å². The molecular weight excluding hydrogens is 184 g/mol. The Hall–Kier alpha value is -0.353. The van der Waals surface area contributed by atoms with Crippen LogP contribution in [0.2, 0.25) is 6.04 Å². The van der Waals surface area contributed by atoms with Crippen LogP contribution < -0.4 is 0 Å². The van der Waals surface area contributed by atoms with Crippen LogP contribution in [0.15, 0.2) is 0 Å². The largest absolute Gasteiger partial charge is 0.492 e. The van der Waals surface area contributed by atoms with Crippen LogP contribution in [0.4, 0.5) is 0 Å². The summed E-state index contributed by atoms with van der Waals surface area (Å²) >= 11 is 0. The standard InChI is InChI=1S/C9H19O3Si/c1-5-6-13(12-9(4)10)11-7-8(2)3/h8H,5-7H2,1-4H3. The van der Waals surface area contributed by atoms with E-state index in [4.69, 9.17) is 8.85 Å². The molecule has 0 heterocycles. The number of carbonyl (C=O) groups is 1. The molecule has 0 aromatic rings. The first-order valence-electron chi connectivity index (χ1n) is 4.73. The molecule has 0 N–H and O–H groups in total. The van der Waals surface area contributed by atoms with Gasteiger partial charge in [0.05, 0.1) is 0 Å². The second-order valence-electron chi connectivity index (χ2n) is 3.42. The molecular formula is C9H19O3Si. The van der Waals surface area contributed by atoms with E-state index in [9.17, 15) is 4.79 Å². The van der Waals surface area contributed by atoms with Crippen molar-refractivity contribution in [2.45, 2.75) is 40.2 Å². The van der Waals surface area contributed by atoms with Gasteiger partial charge >= 0.3 is 9.28 Å². The molecule has 4 heteroatoms. The number of hydrogen-bond acceptors (Lipinski definition) is 3. The molecule has 0 rings (SSSR count). The van der Waals surface area contributed by atoms with Gasteiger partial charge in [0.15, 0.2) is 0 Å². The summed E-state index contributed by atoms with van der Waals surface area (Å²) in [5.74, 6) is 0.263. The lowest BCUT2D eigenvalue weighted by Gasteiger charge is -2.14. The van der Waals surface area contributed by atoms with Gasteiger partial charge in [-0.15, -0.1) is 0 Å². The molecule has 0 amide bonds. The summed E-state index contributed by atoms with van der Waals surface area (Å²) in [7, 11) is -1.34. The number of carbonyl (C=O) groups excluding carboxylic acids is 1. The van der Waals surface area contributed by atoms with E-state index in [1.807, 2.05) is 0 Å². The van der Waals surface area contributed by atoms with E-state index in [-0.39, 0.29) is 5.97 Å². The van der Waals surface area contributed by atoms with Crippen LogP contribution in [0.1, 0.15) is 34.1 Å². The van der Waals surface area contributed by atoms with E-state index in [1.165, 1.54) is 6.92 Å². The van der Waals surface area contributed by atoms with Crippen LogP contribution in [0.25, 0.3) is 0 Å². The van der Waals surface area contributed by atoms with E-state index < -0.39 is 9.28 Å². The molecule has 0 spiro atoms. The predicted octanol–water partition coefficient (Wildman–Crippen LogP) is 2.12. The Bertz CT molecular complexity index is 148. The van der Waals surface area contributed by atoms with Gasteiger partial charge in [-0.25, -0.2) is 0 Å². The number of hydrogen-bond donors (Lipinski definition) is 0. The fourth-order valence-corrected chi connectivity index (χ4v) is 2.33. The zero-order chi connectivity index (χ0) is 10.3. The Labute approximate surface area is 82.3 Å². The van der Waals surface area contributed by atoms with Crippen LogP contribution in [0.5, 0.6) is 0 Å². The SMILES string of the molecule is CCC[Si](OCC(C)C)OC(C)=O. The Kier molecular flexibility index (Phi) is 6.90. The summed E-state index contributed by atoms with van der Waals surface area (Å²) in [5, 5.41) is 0. The highest BCUT2D eigenvalue weighted by molar-refractivity contribution is 6.46. The van der Waals surface area contributed by atoms with E-state index in [0.717, 1.165) is 12.5 Å². The van der Waals surface area contributed by atoms with Gasteiger partial charge in [-0.2, -0.15) is 0 Å². The summed E-state index contributed by atoms with van der Waals surface area (Å²) in [5.41, 5.74) is 0. The molecule has 0 aromatic carbocycles. The quantitative estimate of drug-likeness (QED) is 0.620. The molecule has 0 atom stereocenters. The Balaban J connectivity index is 3.72. The molecule has 0 bridgehead atoms. The zero-order valence-electron chi connectivity index (χ0n) is 8.92. The summed E-state index contributed by atoms with van der Waals surface area (Å²) in [6, 6.07) is 0.872. The molecule has 0 unspecified atom stereocenters. The van der Waals surface area contributed by atoms with Crippen molar-refractivity contribution in [1.29, 1.82) is 0 Å². The van der Waals surface area contributed by atoms with Gasteiger partial charge in [0.2, 0.25) is 0 Å². The maximum Gasteiger partial charge on any atom is 0.459 e. The zero-order valence-corrected chi connectivity index (χ0v) is 9.92. The van der Waals surface area contributed by atoms with Gasteiger partial charge in [0, 0.05) is 19.6 Å². The second-order valence-corrected chi connectivity index (χ2v) is 5.16. The van der Waals surface area contributed by atoms with Crippen molar-refractivity contribution in [2.24, 2.45) is 5.92 Å². The molecule has 1 radical (unpaired) electrons. The topological polar surface area (TPSA) is 35.5 Å². The van der Waals surface area contributed by atoms with Gasteiger partial charge in [-0.05, 0) is 5.92 Å². The maximum atomic E-state index is 10.7. The molecule has 0 aliphatic heterocycles. The van der Waals surface area contributed by atoms with E-state index >= 15 is 0 Å². The second kappa shape index (κ2) is 7.09. The van der Waals surface area contributed by atoms with Crippen LogP contribution in [-0.2, 0) is 13.6 Å². The van der Waals surface area contributed by atoms with E-state index in [1.54, 1.807) is 0 Å². The highest BCUT2D eigenvalue weighted by atomic mass is 28.3. The predicted molar refractivity (Wildman–Crippen MR) is 53.4 cm³/mol. The summed E-state index contributed by atoms with van der Waals surface area (Å²) in [6.45, 7) is 8.34.